The van der Waals surface area contributed by atoms with Gasteiger partial charge in [0.25, 0.3) is 0 Å². The molecule has 1 aliphatic carbocycles. The van der Waals surface area contributed by atoms with Gasteiger partial charge in [-0.2, -0.15) is 0 Å². The Morgan fingerprint density at radius 2 is 2.27 bits per heavy atom. The number of allylic oxidation sites excluding steroid dienone is 1. The molecule has 1 atom stereocenters. The van der Waals surface area contributed by atoms with Crippen molar-refractivity contribution in [2.75, 3.05) is 34.3 Å². The van der Waals surface area contributed by atoms with E-state index in [0.717, 1.165) is 25.9 Å². The molecule has 0 aliphatic heterocycles. The third-order valence-corrected chi connectivity index (χ3v) is 2.84. The molecule has 15 heavy (non-hydrogen) atoms. The van der Waals surface area contributed by atoms with Gasteiger partial charge in [0.2, 0.25) is 0 Å². The molecule has 0 aromatic heterocycles. The largest absolute Gasteiger partial charge is 0.360 e. The van der Waals surface area contributed by atoms with Crippen molar-refractivity contribution < 1.29 is 4.74 Å². The van der Waals surface area contributed by atoms with Gasteiger partial charge in [-0.05, 0) is 45.6 Å². The predicted molar refractivity (Wildman–Crippen MR) is 63.9 cm³/mol. The number of nitrogens with one attached hydrogen (secondary N) is 1. The smallest absolute Gasteiger partial charge is 0.144 e. The average Bonchev–Trinajstić information content (AvgIpc) is 2.88. The molecule has 3 heteroatoms. The van der Waals surface area contributed by atoms with Crippen LogP contribution in [0.4, 0.5) is 0 Å². The molecule has 0 aromatic carbocycles. The van der Waals surface area contributed by atoms with Crippen molar-refractivity contribution in [2.45, 2.75) is 31.9 Å². The lowest BCUT2D eigenvalue weighted by atomic mass is 10.2. The highest BCUT2D eigenvalue weighted by Crippen LogP contribution is 2.43. The van der Waals surface area contributed by atoms with E-state index in [1.807, 2.05) is 0 Å². The Hall–Kier alpha value is -0.380. The van der Waals surface area contributed by atoms with Gasteiger partial charge in [-0.1, -0.05) is 13.0 Å². The number of hydrogen-bond donors (Lipinski definition) is 1. The fraction of sp³-hybridized carbons (Fsp3) is 0.833. The maximum Gasteiger partial charge on any atom is 0.144 e. The van der Waals surface area contributed by atoms with Gasteiger partial charge >= 0.3 is 0 Å². The monoisotopic (exact) mass is 212 g/mol. The normalized spacial score (nSPS) is 27.7. The van der Waals surface area contributed by atoms with E-state index in [1.165, 1.54) is 12.0 Å². The number of methoxy groups -OCH3 is 1. The van der Waals surface area contributed by atoms with Crippen LogP contribution in [0.5, 0.6) is 0 Å². The first-order valence-electron chi connectivity index (χ1n) is 5.79. The van der Waals surface area contributed by atoms with Gasteiger partial charge in [0.05, 0.1) is 0 Å². The van der Waals surface area contributed by atoms with E-state index in [2.05, 4.69) is 37.3 Å². The van der Waals surface area contributed by atoms with E-state index >= 15 is 0 Å². The Morgan fingerprint density at radius 3 is 2.80 bits per heavy atom. The summed E-state index contributed by atoms with van der Waals surface area (Å²) in [4.78, 5) is 2.22. The zero-order chi connectivity index (χ0) is 11.3. The van der Waals surface area contributed by atoms with E-state index in [9.17, 15) is 0 Å². The molecule has 0 saturated heterocycles. The Morgan fingerprint density at radius 1 is 1.53 bits per heavy atom. The molecule has 0 heterocycles. The maximum atomic E-state index is 5.49. The van der Waals surface area contributed by atoms with Gasteiger partial charge in [0.1, 0.15) is 5.72 Å². The van der Waals surface area contributed by atoms with Gasteiger partial charge in [-0.15, -0.1) is 0 Å². The maximum absolute atomic E-state index is 5.49. The Balaban J connectivity index is 2.25. The van der Waals surface area contributed by atoms with Crippen molar-refractivity contribution in [3.05, 3.63) is 11.6 Å². The SMILES string of the molecule is CCNC1(OC)C/C1=C\CCCN(C)C. The number of hydrogen-bond acceptors (Lipinski definition) is 3. The molecule has 0 amide bonds. The standard InChI is InChI=1S/C12H24N2O/c1-5-13-12(15-4)10-11(12)8-6-7-9-14(2)3/h8,13H,5-7,9-10H2,1-4H3/b11-8+. The van der Waals surface area contributed by atoms with Gasteiger partial charge in [0.15, 0.2) is 0 Å². The van der Waals surface area contributed by atoms with E-state index in [4.69, 9.17) is 4.74 Å². The van der Waals surface area contributed by atoms with Crippen LogP contribution in [0.1, 0.15) is 26.2 Å². The van der Waals surface area contributed by atoms with Crippen molar-refractivity contribution in [2.24, 2.45) is 0 Å². The number of unbranched alkanes of at least 4 members (excludes halogenated alkanes) is 1. The highest BCUT2D eigenvalue weighted by Gasteiger charge is 2.48. The number of likely N-dealkylation sites (N-methyl/N-ethyl adjacent to an activating group) is 1. The molecule has 1 fully saturated rings. The van der Waals surface area contributed by atoms with Crippen molar-refractivity contribution >= 4 is 0 Å². The topological polar surface area (TPSA) is 24.5 Å². The molecule has 3 nitrogen and oxygen atoms in total. The summed E-state index contributed by atoms with van der Waals surface area (Å²) in [7, 11) is 6.01. The zero-order valence-electron chi connectivity index (χ0n) is 10.5. The molecule has 1 rings (SSSR count). The number of nitrogens with zero attached hydrogens (tertiary/aromatic N) is 1. The molecule has 1 saturated carbocycles. The Kier molecular flexibility index (Phi) is 4.77. The van der Waals surface area contributed by atoms with Crippen molar-refractivity contribution in [1.29, 1.82) is 0 Å². The first-order chi connectivity index (χ1) is 7.14. The first-order valence-corrected chi connectivity index (χ1v) is 5.79. The second-order valence-electron chi connectivity index (χ2n) is 4.41. The second-order valence-corrected chi connectivity index (χ2v) is 4.41. The second kappa shape index (κ2) is 5.64. The zero-order valence-corrected chi connectivity index (χ0v) is 10.5. The summed E-state index contributed by atoms with van der Waals surface area (Å²) in [6, 6.07) is 0. The molecule has 0 radical (unpaired) electrons. The highest BCUT2D eigenvalue weighted by molar-refractivity contribution is 5.34. The van der Waals surface area contributed by atoms with Gasteiger partial charge in [-0.3, -0.25) is 5.32 Å². The minimum absolute atomic E-state index is 0.104. The average molecular weight is 212 g/mol. The van der Waals surface area contributed by atoms with E-state index in [-0.39, 0.29) is 5.72 Å². The van der Waals surface area contributed by atoms with Gasteiger partial charge < -0.3 is 9.64 Å². The van der Waals surface area contributed by atoms with Crippen LogP contribution in [0.3, 0.4) is 0 Å². The van der Waals surface area contributed by atoms with Gasteiger partial charge in [0, 0.05) is 13.5 Å². The van der Waals surface area contributed by atoms with E-state index in [1.54, 1.807) is 7.11 Å². The molecule has 88 valence electrons. The van der Waals surface area contributed by atoms with Crippen LogP contribution < -0.4 is 5.32 Å². The third kappa shape index (κ3) is 3.59. The van der Waals surface area contributed by atoms with Crippen LogP contribution in [-0.4, -0.2) is 44.9 Å². The molecular formula is C12H24N2O. The summed E-state index contributed by atoms with van der Waals surface area (Å²) >= 11 is 0. The number of ether oxygens (including phenoxy) is 1. The molecule has 1 N–H and O–H groups in total. The third-order valence-electron chi connectivity index (χ3n) is 2.84. The van der Waals surface area contributed by atoms with Crippen molar-refractivity contribution in [3.63, 3.8) is 0 Å². The van der Waals surface area contributed by atoms with Crippen molar-refractivity contribution in [1.82, 2.24) is 10.2 Å². The van der Waals surface area contributed by atoms with Crippen LogP contribution in [0.2, 0.25) is 0 Å². The summed E-state index contributed by atoms with van der Waals surface area (Å²) in [6.07, 6.45) is 5.77. The molecule has 0 aromatic rings. The molecule has 0 bridgehead atoms. The van der Waals surface area contributed by atoms with E-state index in [0.29, 0.717) is 0 Å². The quantitative estimate of drug-likeness (QED) is 0.394. The lowest BCUT2D eigenvalue weighted by molar-refractivity contribution is 0.0641. The highest BCUT2D eigenvalue weighted by atomic mass is 16.5. The predicted octanol–water partition coefficient (Wildman–Crippen LogP) is 1.61. The summed E-state index contributed by atoms with van der Waals surface area (Å²) in [5.74, 6) is 0. The Labute approximate surface area is 93.5 Å². The minimum atomic E-state index is -0.104. The van der Waals surface area contributed by atoms with Crippen LogP contribution in [-0.2, 0) is 4.74 Å². The van der Waals surface area contributed by atoms with E-state index < -0.39 is 0 Å². The van der Waals surface area contributed by atoms with Crippen LogP contribution in [0.25, 0.3) is 0 Å². The summed E-state index contributed by atoms with van der Waals surface area (Å²) in [5, 5.41) is 3.38. The molecular weight excluding hydrogens is 188 g/mol. The summed E-state index contributed by atoms with van der Waals surface area (Å²) in [6.45, 7) is 4.23. The first kappa shape index (κ1) is 12.7. The Bertz CT molecular complexity index is 226. The van der Waals surface area contributed by atoms with Crippen molar-refractivity contribution in [3.8, 4) is 0 Å². The molecule has 1 unspecified atom stereocenters. The lowest BCUT2D eigenvalue weighted by Crippen LogP contribution is -2.33. The minimum Gasteiger partial charge on any atom is -0.360 e. The van der Waals surface area contributed by atoms with Gasteiger partial charge in [-0.25, -0.2) is 0 Å². The fourth-order valence-electron chi connectivity index (χ4n) is 1.88. The summed E-state index contributed by atoms with van der Waals surface area (Å²) in [5.41, 5.74) is 1.32. The lowest BCUT2D eigenvalue weighted by Gasteiger charge is -2.13. The summed E-state index contributed by atoms with van der Waals surface area (Å²) < 4.78 is 5.49. The molecule has 0 spiro atoms. The van der Waals surface area contributed by atoms with Crippen LogP contribution >= 0.6 is 0 Å². The molecule has 1 aliphatic rings. The fourth-order valence-corrected chi connectivity index (χ4v) is 1.88. The van der Waals surface area contributed by atoms with Crippen LogP contribution in [0, 0.1) is 0 Å². The number of rotatable bonds is 7. The van der Waals surface area contributed by atoms with Crippen LogP contribution in [0.15, 0.2) is 11.6 Å².